The van der Waals surface area contributed by atoms with Gasteiger partial charge in [0, 0.05) is 6.20 Å². The second-order valence-electron chi connectivity index (χ2n) is 6.44. The van der Waals surface area contributed by atoms with Crippen LogP contribution in [0.3, 0.4) is 0 Å². The summed E-state index contributed by atoms with van der Waals surface area (Å²) < 4.78 is 28.5. The molecule has 8 heteroatoms. The van der Waals surface area contributed by atoms with Gasteiger partial charge < -0.3 is 10.1 Å². The number of aromatic nitrogens is 1. The molecule has 2 aromatic carbocycles. The van der Waals surface area contributed by atoms with Crippen LogP contribution in [0.1, 0.15) is 35.3 Å². The van der Waals surface area contributed by atoms with E-state index in [-0.39, 0.29) is 29.0 Å². The molecule has 0 aliphatic carbocycles. The lowest BCUT2D eigenvalue weighted by Gasteiger charge is -2.23. The highest BCUT2D eigenvalue weighted by Crippen LogP contribution is 2.32. The normalized spacial score (nSPS) is 12.6. The largest absolute Gasteiger partial charge is 0.497 e. The average Bonchev–Trinajstić information content (AvgIpc) is 2.78. The highest BCUT2D eigenvalue weighted by molar-refractivity contribution is 7.81. The summed E-state index contributed by atoms with van der Waals surface area (Å²) in [5.41, 5.74) is 1.43. The van der Waals surface area contributed by atoms with E-state index in [1.165, 1.54) is 13.3 Å². The van der Waals surface area contributed by atoms with E-state index in [0.29, 0.717) is 12.2 Å². The maximum absolute atomic E-state index is 13.2. The highest BCUT2D eigenvalue weighted by atomic mass is 32.2. The van der Waals surface area contributed by atoms with Crippen LogP contribution >= 0.6 is 0 Å². The molecule has 0 fully saturated rings. The van der Waals surface area contributed by atoms with Crippen LogP contribution in [0.2, 0.25) is 0 Å². The molecule has 2 atom stereocenters. The number of pyridine rings is 1. The fraction of sp³-hybridized carbons (Fsp3) is 0.182. The molecule has 30 heavy (non-hydrogen) atoms. The molecule has 0 spiro atoms. The van der Waals surface area contributed by atoms with Crippen LogP contribution in [0, 0.1) is 0 Å². The van der Waals surface area contributed by atoms with E-state index in [4.69, 9.17) is 4.74 Å². The van der Waals surface area contributed by atoms with Gasteiger partial charge in [-0.15, -0.1) is 0 Å². The fourth-order valence-corrected chi connectivity index (χ4v) is 3.70. The minimum atomic E-state index is -2.44. The third kappa shape index (κ3) is 4.84. The zero-order chi connectivity index (χ0) is 21.5. The van der Waals surface area contributed by atoms with Crippen molar-refractivity contribution in [3.8, 4) is 5.75 Å². The Hall–Kier alpha value is -3.23. The van der Waals surface area contributed by atoms with Crippen LogP contribution in [-0.2, 0) is 11.3 Å². The maximum Gasteiger partial charge on any atom is 0.267 e. The molecule has 0 aliphatic heterocycles. The van der Waals surface area contributed by atoms with E-state index in [1.54, 1.807) is 36.4 Å². The van der Waals surface area contributed by atoms with Crippen molar-refractivity contribution in [3.63, 3.8) is 0 Å². The Morgan fingerprint density at radius 1 is 1.17 bits per heavy atom. The molecule has 0 radical (unpaired) electrons. The van der Waals surface area contributed by atoms with E-state index in [1.807, 2.05) is 37.3 Å². The van der Waals surface area contributed by atoms with Gasteiger partial charge in [0.15, 0.2) is 0 Å². The number of methoxy groups -OCH3 is 1. The Labute approximate surface area is 178 Å². The Bertz CT molecular complexity index is 1020. The van der Waals surface area contributed by atoms with Crippen LogP contribution in [-0.4, -0.2) is 26.8 Å². The quantitative estimate of drug-likeness (QED) is 0.527. The van der Waals surface area contributed by atoms with Gasteiger partial charge in [-0.25, -0.2) is 13.5 Å². The van der Waals surface area contributed by atoms with Crippen molar-refractivity contribution in [3.05, 3.63) is 84.1 Å². The van der Waals surface area contributed by atoms with Gasteiger partial charge in [-0.3, -0.25) is 9.35 Å². The second kappa shape index (κ2) is 10.00. The van der Waals surface area contributed by atoms with Gasteiger partial charge in [0.1, 0.15) is 11.6 Å². The summed E-state index contributed by atoms with van der Waals surface area (Å²) in [6.07, 6.45) is 2.20. The average molecular weight is 426 g/mol. The molecule has 0 bridgehead atoms. The van der Waals surface area contributed by atoms with Gasteiger partial charge in [0.05, 0.1) is 24.4 Å². The number of hydrogen-bond acceptors (Lipinski definition) is 4. The third-order valence-electron chi connectivity index (χ3n) is 4.60. The number of carbonyl (C=O) groups is 1. The molecule has 3 aromatic rings. The zero-order valence-electron chi connectivity index (χ0n) is 16.7. The molecular formula is C22H23N3O4S. The lowest BCUT2D eigenvalue weighted by molar-refractivity contribution is 0.0936. The predicted octanol–water partition coefficient (Wildman–Crippen LogP) is 4.25. The highest BCUT2D eigenvalue weighted by Gasteiger charge is 2.25. The summed E-state index contributed by atoms with van der Waals surface area (Å²) in [5.74, 6) is 0.319. The van der Waals surface area contributed by atoms with Crippen LogP contribution in [0.15, 0.2) is 72.9 Å². The SMILES string of the molecule is CCC(NC(=O)c1cc(OC)ccc1N(c1ccccn1)S(=O)O)c1ccccc1. The van der Waals surface area contributed by atoms with Crippen molar-refractivity contribution in [1.82, 2.24) is 10.3 Å². The maximum atomic E-state index is 13.2. The molecule has 2 N–H and O–H groups in total. The number of ether oxygens (including phenoxy) is 1. The van der Waals surface area contributed by atoms with Gasteiger partial charge in [-0.1, -0.05) is 43.3 Å². The number of benzene rings is 2. The van der Waals surface area contributed by atoms with Gasteiger partial charge in [0.2, 0.25) is 0 Å². The van der Waals surface area contributed by atoms with Crippen molar-refractivity contribution >= 4 is 28.7 Å². The lowest BCUT2D eigenvalue weighted by atomic mass is 10.0. The van der Waals surface area contributed by atoms with E-state index in [9.17, 15) is 13.6 Å². The molecular weight excluding hydrogens is 402 g/mol. The predicted molar refractivity (Wildman–Crippen MR) is 117 cm³/mol. The van der Waals surface area contributed by atoms with Crippen LogP contribution in [0.25, 0.3) is 0 Å². The standard InChI is InChI=1S/C22H23N3O4S/c1-3-19(16-9-5-4-6-10-16)24-22(26)18-15-17(29-2)12-13-20(18)25(30(27)28)21-11-7-8-14-23-21/h4-15,19H,3H2,1-2H3,(H,24,26)(H,27,28). The summed E-state index contributed by atoms with van der Waals surface area (Å²) >= 11 is -2.44. The first-order valence-corrected chi connectivity index (χ1v) is 10.5. The molecule has 3 rings (SSSR count). The van der Waals surface area contributed by atoms with Crippen molar-refractivity contribution < 1.29 is 18.3 Å². The fourth-order valence-electron chi connectivity index (χ4n) is 3.10. The van der Waals surface area contributed by atoms with E-state index in [0.717, 1.165) is 9.87 Å². The van der Waals surface area contributed by atoms with Crippen molar-refractivity contribution in [2.75, 3.05) is 11.4 Å². The minimum absolute atomic E-state index is 0.205. The molecule has 1 amide bonds. The number of carbonyl (C=O) groups excluding carboxylic acids is 1. The third-order valence-corrected chi connectivity index (χ3v) is 5.29. The number of hydrogen-bond donors (Lipinski definition) is 2. The second-order valence-corrected chi connectivity index (χ2v) is 7.27. The number of amides is 1. The Kier molecular flexibility index (Phi) is 7.16. The summed E-state index contributed by atoms with van der Waals surface area (Å²) in [5, 5.41) is 3.01. The van der Waals surface area contributed by atoms with Crippen LogP contribution < -0.4 is 14.4 Å². The first-order chi connectivity index (χ1) is 14.5. The van der Waals surface area contributed by atoms with E-state index in [2.05, 4.69) is 10.3 Å². The molecule has 0 aliphatic rings. The molecule has 7 nitrogen and oxygen atoms in total. The summed E-state index contributed by atoms with van der Waals surface area (Å²) in [6.45, 7) is 1.98. The zero-order valence-corrected chi connectivity index (χ0v) is 17.5. The topological polar surface area (TPSA) is 91.8 Å². The van der Waals surface area contributed by atoms with Crippen molar-refractivity contribution in [2.24, 2.45) is 0 Å². The van der Waals surface area contributed by atoms with E-state index < -0.39 is 11.3 Å². The number of nitrogens with one attached hydrogen (secondary N) is 1. The number of rotatable bonds is 8. The summed E-state index contributed by atoms with van der Waals surface area (Å²) in [4.78, 5) is 17.4. The van der Waals surface area contributed by atoms with Gasteiger partial charge in [-0.05, 0) is 42.3 Å². The van der Waals surface area contributed by atoms with E-state index >= 15 is 0 Å². The Morgan fingerprint density at radius 2 is 1.90 bits per heavy atom. The summed E-state index contributed by atoms with van der Waals surface area (Å²) in [6, 6.07) is 19.2. The monoisotopic (exact) mass is 425 g/mol. The minimum Gasteiger partial charge on any atom is -0.497 e. The van der Waals surface area contributed by atoms with Gasteiger partial charge in [0.25, 0.3) is 17.2 Å². The number of nitrogens with zero attached hydrogens (tertiary/aromatic N) is 2. The molecule has 156 valence electrons. The molecule has 1 heterocycles. The Balaban J connectivity index is 2.02. The molecule has 0 saturated carbocycles. The number of anilines is 2. The van der Waals surface area contributed by atoms with Gasteiger partial charge in [-0.2, -0.15) is 0 Å². The van der Waals surface area contributed by atoms with Crippen LogP contribution in [0.5, 0.6) is 5.75 Å². The first kappa shape index (κ1) is 21.5. The first-order valence-electron chi connectivity index (χ1n) is 9.41. The molecule has 2 unspecified atom stereocenters. The van der Waals surface area contributed by atoms with Crippen LogP contribution in [0.4, 0.5) is 11.5 Å². The lowest BCUT2D eigenvalue weighted by Crippen LogP contribution is -2.30. The molecule has 0 saturated heterocycles. The smallest absolute Gasteiger partial charge is 0.267 e. The summed E-state index contributed by atoms with van der Waals surface area (Å²) in [7, 11) is 1.50. The van der Waals surface area contributed by atoms with Crippen molar-refractivity contribution in [1.29, 1.82) is 0 Å². The molecule has 1 aromatic heterocycles. The van der Waals surface area contributed by atoms with Crippen molar-refractivity contribution in [2.45, 2.75) is 19.4 Å². The van der Waals surface area contributed by atoms with Gasteiger partial charge >= 0.3 is 0 Å². The Morgan fingerprint density at radius 3 is 2.50 bits per heavy atom.